The highest BCUT2D eigenvalue weighted by Gasteiger charge is 2.46. The zero-order valence-electron chi connectivity index (χ0n) is 12.9. The first-order valence-electron chi connectivity index (χ1n) is 7.12. The molecule has 0 saturated heterocycles. The van der Waals surface area contributed by atoms with Gasteiger partial charge in [-0.3, -0.25) is 14.7 Å². The quantitative estimate of drug-likeness (QED) is 0.837. The maximum Gasteiger partial charge on any atom is 0.410 e. The number of rotatable bonds is 2. The van der Waals surface area contributed by atoms with Crippen LogP contribution in [0, 0.1) is 6.92 Å². The van der Waals surface area contributed by atoms with Crippen LogP contribution in [-0.4, -0.2) is 45.5 Å². The molecular formula is C14H14F3N5O2. The summed E-state index contributed by atoms with van der Waals surface area (Å²) in [5.41, 5.74) is 0.390. The second-order valence-electron chi connectivity index (χ2n) is 5.34. The van der Waals surface area contributed by atoms with E-state index in [9.17, 15) is 18.0 Å². The molecule has 2 aromatic rings. The molecule has 3 rings (SSSR count). The maximum atomic E-state index is 13.2. The van der Waals surface area contributed by atoms with E-state index in [0.717, 1.165) is 4.68 Å². The highest BCUT2D eigenvalue weighted by Crippen LogP contribution is 2.39. The minimum atomic E-state index is -4.43. The average Bonchev–Trinajstić information content (AvgIpc) is 2.93. The van der Waals surface area contributed by atoms with E-state index in [0.29, 0.717) is 5.69 Å². The molecule has 0 fully saturated rings. The third-order valence-electron chi connectivity index (χ3n) is 3.70. The van der Waals surface area contributed by atoms with Gasteiger partial charge < -0.3 is 4.74 Å². The summed E-state index contributed by atoms with van der Waals surface area (Å²) in [5.74, 6) is -0.311. The summed E-state index contributed by atoms with van der Waals surface area (Å²) in [7, 11) is 1.38. The van der Waals surface area contributed by atoms with Crippen LogP contribution in [0.1, 0.15) is 28.6 Å². The lowest BCUT2D eigenvalue weighted by Gasteiger charge is -2.33. The van der Waals surface area contributed by atoms with Crippen LogP contribution < -0.4 is 9.64 Å². The summed E-state index contributed by atoms with van der Waals surface area (Å²) < 4.78 is 45.3. The number of hydrogen-bond acceptors (Lipinski definition) is 5. The molecule has 0 spiro atoms. The second-order valence-corrected chi connectivity index (χ2v) is 5.34. The van der Waals surface area contributed by atoms with Gasteiger partial charge in [0.25, 0.3) is 5.91 Å². The first-order valence-corrected chi connectivity index (χ1v) is 7.12. The predicted molar refractivity (Wildman–Crippen MR) is 76.9 cm³/mol. The van der Waals surface area contributed by atoms with Crippen molar-refractivity contribution < 1.29 is 22.7 Å². The molecule has 2 aromatic heterocycles. The highest BCUT2D eigenvalue weighted by molar-refractivity contribution is 6.04. The monoisotopic (exact) mass is 341 g/mol. The Morgan fingerprint density at radius 3 is 2.79 bits per heavy atom. The number of halogens is 3. The minimum Gasteiger partial charge on any atom is -0.480 e. The predicted octanol–water partition coefficient (Wildman–Crippen LogP) is 2.14. The fourth-order valence-electron chi connectivity index (χ4n) is 2.62. The Kier molecular flexibility index (Phi) is 3.90. The number of amides is 1. The van der Waals surface area contributed by atoms with Crippen LogP contribution in [0.3, 0.4) is 0 Å². The van der Waals surface area contributed by atoms with E-state index in [2.05, 4.69) is 15.1 Å². The maximum absolute atomic E-state index is 13.2. The minimum absolute atomic E-state index is 0.00906. The van der Waals surface area contributed by atoms with Crippen molar-refractivity contribution in [3.63, 3.8) is 0 Å². The molecule has 0 aromatic carbocycles. The smallest absolute Gasteiger partial charge is 0.410 e. The summed E-state index contributed by atoms with van der Waals surface area (Å²) >= 11 is 0. The zero-order valence-corrected chi connectivity index (χ0v) is 12.9. The number of carbonyl (C=O) groups is 1. The molecule has 24 heavy (non-hydrogen) atoms. The fourth-order valence-corrected chi connectivity index (χ4v) is 2.62. The Morgan fingerprint density at radius 1 is 1.38 bits per heavy atom. The number of aromatic nitrogens is 4. The number of nitrogens with zero attached hydrogens (tertiary/aromatic N) is 5. The van der Waals surface area contributed by atoms with Gasteiger partial charge in [-0.25, -0.2) is 9.67 Å². The van der Waals surface area contributed by atoms with Crippen LogP contribution in [0.4, 0.5) is 19.0 Å². The van der Waals surface area contributed by atoms with Gasteiger partial charge in [-0.2, -0.15) is 18.3 Å². The molecular weight excluding hydrogens is 327 g/mol. The SMILES string of the molecule is COc1cncc(C(=O)N2CC[C@@H](C(F)(F)F)n3nc(C)cc32)n1. The van der Waals surface area contributed by atoms with Gasteiger partial charge in [-0.15, -0.1) is 0 Å². The Bertz CT molecular complexity index is 774. The zero-order chi connectivity index (χ0) is 17.5. The molecule has 0 saturated carbocycles. The third-order valence-corrected chi connectivity index (χ3v) is 3.70. The number of alkyl halides is 3. The summed E-state index contributed by atoms with van der Waals surface area (Å²) in [4.78, 5) is 21.7. The molecule has 1 amide bonds. The number of fused-ring (bicyclic) bond motifs is 1. The van der Waals surface area contributed by atoms with Gasteiger partial charge in [0, 0.05) is 12.6 Å². The van der Waals surface area contributed by atoms with E-state index in [1.165, 1.54) is 30.5 Å². The van der Waals surface area contributed by atoms with Gasteiger partial charge in [-0.1, -0.05) is 0 Å². The molecule has 0 bridgehead atoms. The standard InChI is InChI=1S/C14H14F3N5O2/c1-8-5-12-21(4-3-10(14(15,16)17)22(12)20-8)13(23)9-6-18-7-11(19-9)24-2/h5-7,10H,3-4H2,1-2H3/t10-/m0/s1. The van der Waals surface area contributed by atoms with E-state index in [1.54, 1.807) is 6.92 Å². The highest BCUT2D eigenvalue weighted by atomic mass is 19.4. The van der Waals surface area contributed by atoms with Crippen LogP contribution in [0.25, 0.3) is 0 Å². The van der Waals surface area contributed by atoms with Gasteiger partial charge in [0.05, 0.1) is 25.2 Å². The van der Waals surface area contributed by atoms with Crippen molar-refractivity contribution in [2.75, 3.05) is 18.6 Å². The van der Waals surface area contributed by atoms with Crippen molar-refractivity contribution in [2.24, 2.45) is 0 Å². The van der Waals surface area contributed by atoms with Crippen LogP contribution >= 0.6 is 0 Å². The number of anilines is 1. The van der Waals surface area contributed by atoms with Crippen LogP contribution in [-0.2, 0) is 0 Å². The number of methoxy groups -OCH3 is 1. The molecule has 3 heterocycles. The van der Waals surface area contributed by atoms with Gasteiger partial charge in [0.15, 0.2) is 11.7 Å². The average molecular weight is 341 g/mol. The van der Waals surface area contributed by atoms with E-state index in [1.807, 2.05) is 0 Å². The largest absolute Gasteiger partial charge is 0.480 e. The molecule has 0 unspecified atom stereocenters. The molecule has 1 aliphatic rings. The molecule has 128 valence electrons. The lowest BCUT2D eigenvalue weighted by atomic mass is 10.1. The Morgan fingerprint density at radius 2 is 2.12 bits per heavy atom. The van der Waals surface area contributed by atoms with Crippen molar-refractivity contribution in [1.29, 1.82) is 0 Å². The van der Waals surface area contributed by atoms with E-state index in [4.69, 9.17) is 4.74 Å². The van der Waals surface area contributed by atoms with E-state index >= 15 is 0 Å². The lowest BCUT2D eigenvalue weighted by Crippen LogP contribution is -2.43. The van der Waals surface area contributed by atoms with Crippen molar-refractivity contribution in [1.82, 2.24) is 19.7 Å². The van der Waals surface area contributed by atoms with Gasteiger partial charge in [0.2, 0.25) is 5.88 Å². The van der Waals surface area contributed by atoms with Crippen LogP contribution in [0.5, 0.6) is 5.88 Å². The van der Waals surface area contributed by atoms with Crippen LogP contribution in [0.15, 0.2) is 18.5 Å². The van der Waals surface area contributed by atoms with Gasteiger partial charge in [0.1, 0.15) is 5.82 Å². The summed E-state index contributed by atoms with van der Waals surface area (Å²) in [6.07, 6.45) is -2.13. The first-order chi connectivity index (χ1) is 11.3. The third kappa shape index (κ3) is 2.79. The second kappa shape index (κ2) is 5.77. The Hall–Kier alpha value is -2.65. The number of ether oxygens (including phenoxy) is 1. The molecule has 1 atom stereocenters. The fraction of sp³-hybridized carbons (Fsp3) is 0.429. The molecule has 7 nitrogen and oxygen atoms in total. The van der Waals surface area contributed by atoms with E-state index in [-0.39, 0.29) is 30.4 Å². The topological polar surface area (TPSA) is 73.1 Å². The van der Waals surface area contributed by atoms with Gasteiger partial charge in [-0.05, 0) is 13.3 Å². The molecule has 0 N–H and O–H groups in total. The normalized spacial score (nSPS) is 17.5. The summed E-state index contributed by atoms with van der Waals surface area (Å²) in [5, 5.41) is 3.90. The van der Waals surface area contributed by atoms with Crippen molar-refractivity contribution in [3.8, 4) is 5.88 Å². The van der Waals surface area contributed by atoms with Crippen molar-refractivity contribution in [2.45, 2.75) is 25.6 Å². The summed E-state index contributed by atoms with van der Waals surface area (Å²) in [6, 6.07) is -0.301. The Labute approximate surface area is 135 Å². The molecule has 0 radical (unpaired) electrons. The lowest BCUT2D eigenvalue weighted by molar-refractivity contribution is -0.172. The Balaban J connectivity index is 1.98. The van der Waals surface area contributed by atoms with Crippen molar-refractivity contribution in [3.05, 3.63) is 29.8 Å². The van der Waals surface area contributed by atoms with Crippen molar-refractivity contribution >= 4 is 11.7 Å². The van der Waals surface area contributed by atoms with Gasteiger partial charge >= 0.3 is 6.18 Å². The summed E-state index contributed by atoms with van der Waals surface area (Å²) in [6.45, 7) is 1.49. The first kappa shape index (κ1) is 16.2. The number of hydrogen-bond donors (Lipinski definition) is 0. The molecule has 0 aliphatic carbocycles. The molecule has 1 aliphatic heterocycles. The molecule has 10 heteroatoms. The number of carbonyl (C=O) groups excluding carboxylic acids is 1. The number of aryl methyl sites for hydroxylation is 1. The van der Waals surface area contributed by atoms with E-state index < -0.39 is 18.1 Å². The van der Waals surface area contributed by atoms with Crippen LogP contribution in [0.2, 0.25) is 0 Å².